The SMILES string of the molecule is NC(=O)[C@H](Cc1ccccc1O)NC(=O)CCCOc1cc(-c2cccnc2)nn1-c1ccc(Cl)c(Cl)c1. The van der Waals surface area contributed by atoms with Crippen molar-refractivity contribution < 1.29 is 19.4 Å². The number of aromatic hydroxyl groups is 1. The lowest BCUT2D eigenvalue weighted by Crippen LogP contribution is -2.45. The maximum atomic E-state index is 12.5. The second-order valence-corrected chi connectivity index (χ2v) is 9.24. The first-order valence-corrected chi connectivity index (χ1v) is 12.5. The molecule has 38 heavy (non-hydrogen) atoms. The van der Waals surface area contributed by atoms with Crippen LogP contribution in [0.1, 0.15) is 18.4 Å². The summed E-state index contributed by atoms with van der Waals surface area (Å²) in [6, 6.07) is 16.2. The minimum atomic E-state index is -0.949. The number of carbonyl (C=O) groups is 2. The number of halogens is 2. The Hall–Kier alpha value is -4.08. The molecule has 0 aliphatic rings. The number of primary amides is 1. The van der Waals surface area contributed by atoms with Gasteiger partial charge in [-0.05, 0) is 48.4 Å². The lowest BCUT2D eigenvalue weighted by molar-refractivity contribution is -0.127. The number of rotatable bonds is 11. The number of nitrogens with one attached hydrogen (secondary N) is 1. The molecule has 0 aliphatic carbocycles. The van der Waals surface area contributed by atoms with Gasteiger partial charge in [0.15, 0.2) is 0 Å². The maximum Gasteiger partial charge on any atom is 0.240 e. The van der Waals surface area contributed by atoms with Gasteiger partial charge in [-0.15, -0.1) is 0 Å². The molecule has 0 spiro atoms. The zero-order valence-corrected chi connectivity index (χ0v) is 21.7. The van der Waals surface area contributed by atoms with Crippen LogP contribution in [0.15, 0.2) is 73.1 Å². The number of pyridine rings is 1. The van der Waals surface area contributed by atoms with Crippen molar-refractivity contribution in [2.24, 2.45) is 5.73 Å². The molecule has 9 nitrogen and oxygen atoms in total. The van der Waals surface area contributed by atoms with E-state index in [9.17, 15) is 14.7 Å². The van der Waals surface area contributed by atoms with Gasteiger partial charge in [0.05, 0.1) is 28.0 Å². The summed E-state index contributed by atoms with van der Waals surface area (Å²) < 4.78 is 7.57. The van der Waals surface area contributed by atoms with E-state index < -0.39 is 11.9 Å². The van der Waals surface area contributed by atoms with Gasteiger partial charge >= 0.3 is 0 Å². The number of aromatic nitrogens is 3. The zero-order chi connectivity index (χ0) is 27.1. The highest BCUT2D eigenvalue weighted by Gasteiger charge is 2.20. The van der Waals surface area contributed by atoms with Crippen LogP contribution in [-0.2, 0) is 16.0 Å². The number of nitrogens with zero attached hydrogens (tertiary/aromatic N) is 3. The maximum absolute atomic E-state index is 12.5. The van der Waals surface area contributed by atoms with Crippen molar-refractivity contribution in [1.82, 2.24) is 20.1 Å². The van der Waals surface area contributed by atoms with Crippen molar-refractivity contribution in [1.29, 1.82) is 0 Å². The Bertz CT molecular complexity index is 1430. The van der Waals surface area contributed by atoms with Gasteiger partial charge in [0.25, 0.3) is 0 Å². The van der Waals surface area contributed by atoms with E-state index in [1.54, 1.807) is 59.5 Å². The second-order valence-electron chi connectivity index (χ2n) is 8.43. The van der Waals surface area contributed by atoms with Gasteiger partial charge in [-0.3, -0.25) is 14.6 Å². The average molecular weight is 554 g/mol. The predicted octanol–water partition coefficient (Wildman–Crippen LogP) is 4.32. The monoisotopic (exact) mass is 553 g/mol. The number of phenolic OH excluding ortho intramolecular Hbond substituents is 1. The fraction of sp³-hybridized carbons (Fsp3) is 0.185. The van der Waals surface area contributed by atoms with E-state index in [0.29, 0.717) is 39.3 Å². The minimum Gasteiger partial charge on any atom is -0.508 e. The van der Waals surface area contributed by atoms with Gasteiger partial charge < -0.3 is 20.9 Å². The van der Waals surface area contributed by atoms with E-state index in [-0.39, 0.29) is 31.1 Å². The smallest absolute Gasteiger partial charge is 0.240 e. The number of nitrogens with two attached hydrogens (primary N) is 1. The van der Waals surface area contributed by atoms with E-state index in [0.717, 1.165) is 5.56 Å². The van der Waals surface area contributed by atoms with Crippen molar-refractivity contribution in [3.8, 4) is 28.6 Å². The number of amides is 2. The number of hydrogen-bond acceptors (Lipinski definition) is 6. The Balaban J connectivity index is 1.40. The highest BCUT2D eigenvalue weighted by atomic mass is 35.5. The van der Waals surface area contributed by atoms with Gasteiger partial charge in [-0.25, -0.2) is 4.68 Å². The van der Waals surface area contributed by atoms with Crippen molar-refractivity contribution >= 4 is 35.0 Å². The lowest BCUT2D eigenvalue weighted by Gasteiger charge is -2.16. The Labute approximate surface area is 229 Å². The third-order valence-corrected chi connectivity index (χ3v) is 6.41. The van der Waals surface area contributed by atoms with Crippen LogP contribution in [0.3, 0.4) is 0 Å². The molecule has 0 saturated carbocycles. The molecule has 4 N–H and O–H groups in total. The zero-order valence-electron chi connectivity index (χ0n) is 20.2. The van der Waals surface area contributed by atoms with Crippen LogP contribution < -0.4 is 15.8 Å². The first kappa shape index (κ1) is 27.0. The topological polar surface area (TPSA) is 132 Å². The van der Waals surface area contributed by atoms with E-state index in [1.807, 2.05) is 12.1 Å². The summed E-state index contributed by atoms with van der Waals surface area (Å²) in [6.45, 7) is 0.202. The number of phenols is 1. The van der Waals surface area contributed by atoms with Gasteiger partial charge in [0, 0.05) is 36.9 Å². The number of para-hydroxylation sites is 1. The summed E-state index contributed by atoms with van der Waals surface area (Å²) in [5.41, 5.74) is 8.07. The van der Waals surface area contributed by atoms with Gasteiger partial charge in [-0.1, -0.05) is 41.4 Å². The summed E-state index contributed by atoms with van der Waals surface area (Å²) in [7, 11) is 0. The number of hydrogen-bond donors (Lipinski definition) is 3. The van der Waals surface area contributed by atoms with Gasteiger partial charge in [0.1, 0.15) is 11.8 Å². The highest BCUT2D eigenvalue weighted by Crippen LogP contribution is 2.29. The largest absolute Gasteiger partial charge is 0.508 e. The van der Waals surface area contributed by atoms with Crippen LogP contribution in [0, 0.1) is 0 Å². The molecule has 1 atom stereocenters. The molecule has 2 aromatic heterocycles. The molecule has 0 fully saturated rings. The normalized spacial score (nSPS) is 11.6. The molecule has 2 aromatic carbocycles. The van der Waals surface area contributed by atoms with Crippen LogP contribution in [0.2, 0.25) is 10.0 Å². The average Bonchev–Trinajstić information content (AvgIpc) is 3.33. The van der Waals surface area contributed by atoms with E-state index in [1.165, 1.54) is 6.07 Å². The molecular weight excluding hydrogens is 529 g/mol. The Morgan fingerprint density at radius 3 is 2.61 bits per heavy atom. The van der Waals surface area contributed by atoms with Crippen LogP contribution in [0.25, 0.3) is 16.9 Å². The van der Waals surface area contributed by atoms with Crippen LogP contribution in [-0.4, -0.2) is 44.3 Å². The molecule has 2 heterocycles. The summed E-state index contributed by atoms with van der Waals surface area (Å²) in [5, 5.41) is 18.0. The van der Waals surface area contributed by atoms with Crippen molar-refractivity contribution in [2.45, 2.75) is 25.3 Å². The van der Waals surface area contributed by atoms with Crippen molar-refractivity contribution in [3.63, 3.8) is 0 Å². The van der Waals surface area contributed by atoms with E-state index in [4.69, 9.17) is 33.7 Å². The first-order valence-electron chi connectivity index (χ1n) is 11.8. The fourth-order valence-electron chi connectivity index (χ4n) is 3.73. The van der Waals surface area contributed by atoms with E-state index in [2.05, 4.69) is 15.4 Å². The highest BCUT2D eigenvalue weighted by molar-refractivity contribution is 6.42. The standard InChI is InChI=1S/C27H25Cl2N5O4/c28-20-10-9-19(14-21(20)29)34-26(15-22(33-34)18-6-3-11-31-16-18)38-12-4-8-25(36)32-23(27(30)37)13-17-5-1-2-7-24(17)35/h1-3,5-7,9-11,14-16,23,35H,4,8,12-13H2,(H2,30,37)(H,32,36)/t23-/m0/s1. The molecule has 0 bridgehead atoms. The molecule has 0 unspecified atom stereocenters. The molecule has 0 aliphatic heterocycles. The Morgan fingerprint density at radius 2 is 1.89 bits per heavy atom. The summed E-state index contributed by atoms with van der Waals surface area (Å²) >= 11 is 12.3. The minimum absolute atomic E-state index is 0.0330. The molecule has 11 heteroatoms. The summed E-state index contributed by atoms with van der Waals surface area (Å²) in [4.78, 5) is 28.5. The van der Waals surface area contributed by atoms with Crippen LogP contribution in [0.4, 0.5) is 0 Å². The second kappa shape index (κ2) is 12.4. The fourth-order valence-corrected chi connectivity index (χ4v) is 4.02. The van der Waals surface area contributed by atoms with Crippen molar-refractivity contribution in [2.75, 3.05) is 6.61 Å². The number of benzene rings is 2. The third kappa shape index (κ3) is 6.81. The molecule has 0 saturated heterocycles. The molecule has 0 radical (unpaired) electrons. The van der Waals surface area contributed by atoms with Crippen molar-refractivity contribution in [3.05, 3.63) is 88.7 Å². The number of ether oxygens (including phenoxy) is 1. The van der Waals surface area contributed by atoms with Crippen LogP contribution in [0.5, 0.6) is 11.6 Å². The first-order chi connectivity index (χ1) is 18.3. The van der Waals surface area contributed by atoms with E-state index >= 15 is 0 Å². The predicted molar refractivity (Wildman–Crippen MR) is 144 cm³/mol. The Kier molecular flexibility index (Phi) is 8.83. The third-order valence-electron chi connectivity index (χ3n) is 5.67. The molecule has 4 aromatic rings. The van der Waals surface area contributed by atoms with Gasteiger partial charge in [0.2, 0.25) is 17.7 Å². The van der Waals surface area contributed by atoms with Crippen LogP contribution >= 0.6 is 23.2 Å². The lowest BCUT2D eigenvalue weighted by atomic mass is 10.0. The molecule has 2 amide bonds. The number of carbonyl (C=O) groups excluding carboxylic acids is 2. The van der Waals surface area contributed by atoms with Gasteiger partial charge in [-0.2, -0.15) is 5.10 Å². The molecule has 4 rings (SSSR count). The summed E-state index contributed by atoms with van der Waals surface area (Å²) in [5.74, 6) is -0.573. The summed E-state index contributed by atoms with van der Waals surface area (Å²) in [6.07, 6.45) is 3.92. The molecule has 196 valence electrons. The molecular formula is C27H25Cl2N5O4. The quantitative estimate of drug-likeness (QED) is 0.237. The Morgan fingerprint density at radius 1 is 1.08 bits per heavy atom.